The molecule has 0 bridgehead atoms. The molecule has 2 aromatic carbocycles. The second kappa shape index (κ2) is 13.7. The number of pyridine rings is 2. The highest BCUT2D eigenvalue weighted by molar-refractivity contribution is 5.94. The van der Waals surface area contributed by atoms with Crippen molar-refractivity contribution in [3.63, 3.8) is 0 Å². The minimum absolute atomic E-state index is 0.0958. The molecule has 252 valence electrons. The first-order valence-corrected chi connectivity index (χ1v) is 16.6. The Bertz CT molecular complexity index is 1870. The number of fused-ring (bicyclic) bond motifs is 1. The number of piperidine rings is 1. The predicted octanol–water partition coefficient (Wildman–Crippen LogP) is 6.81. The van der Waals surface area contributed by atoms with Crippen molar-refractivity contribution < 1.29 is 28.9 Å². The summed E-state index contributed by atoms with van der Waals surface area (Å²) >= 11 is 0. The largest absolute Gasteiger partial charge is 0.497 e. The van der Waals surface area contributed by atoms with Gasteiger partial charge in [-0.25, -0.2) is 9.78 Å². The van der Waals surface area contributed by atoms with Gasteiger partial charge in [0, 0.05) is 30.8 Å². The van der Waals surface area contributed by atoms with Crippen LogP contribution in [0.25, 0.3) is 22.3 Å². The first-order valence-electron chi connectivity index (χ1n) is 16.6. The predicted molar refractivity (Wildman–Crippen MR) is 183 cm³/mol. The SMILES string of the molecule is COc1ccc(COc2cccc(OCC3CC3)c2-c2cc(C3CCCN(C(=O)CC(C)(C)C)C3)c3cc(C(=O)O)c(=O)[nH]c3n2)cc1. The van der Waals surface area contributed by atoms with E-state index < -0.39 is 11.5 Å². The zero-order valence-electron chi connectivity index (χ0n) is 28.0. The molecule has 10 heteroatoms. The van der Waals surface area contributed by atoms with Crippen molar-refractivity contribution in [3.05, 3.63) is 81.6 Å². The maximum Gasteiger partial charge on any atom is 0.341 e. The van der Waals surface area contributed by atoms with Crippen LogP contribution in [0.4, 0.5) is 0 Å². The Morgan fingerprint density at radius 1 is 1.02 bits per heavy atom. The lowest BCUT2D eigenvalue weighted by molar-refractivity contribution is -0.134. The van der Waals surface area contributed by atoms with Crippen LogP contribution in [0.2, 0.25) is 0 Å². The van der Waals surface area contributed by atoms with Crippen molar-refractivity contribution in [1.82, 2.24) is 14.9 Å². The molecule has 3 heterocycles. The van der Waals surface area contributed by atoms with Crippen LogP contribution in [0.15, 0.2) is 59.4 Å². The van der Waals surface area contributed by atoms with Gasteiger partial charge in [-0.1, -0.05) is 39.0 Å². The number of nitrogens with zero attached hydrogens (tertiary/aromatic N) is 2. The molecule has 10 nitrogen and oxygen atoms in total. The number of carbonyl (C=O) groups excluding carboxylic acids is 1. The van der Waals surface area contributed by atoms with E-state index in [4.69, 9.17) is 19.2 Å². The quantitative estimate of drug-likeness (QED) is 0.181. The molecule has 1 aliphatic heterocycles. The number of methoxy groups -OCH3 is 1. The van der Waals surface area contributed by atoms with Crippen molar-refractivity contribution in [1.29, 1.82) is 0 Å². The first kappa shape index (κ1) is 33.1. The Morgan fingerprint density at radius 2 is 1.75 bits per heavy atom. The highest BCUT2D eigenvalue weighted by Crippen LogP contribution is 2.42. The van der Waals surface area contributed by atoms with E-state index in [0.29, 0.717) is 60.2 Å². The standard InChI is InChI=1S/C38H43N3O7/c1-38(2,3)19-33(42)41-16-6-7-25(20-41)27-18-30(39-35-28(27)17-29(37(44)45)36(43)40-35)34-31(47-21-23-10-11-23)8-5-9-32(34)48-22-24-12-14-26(46-4)15-13-24/h5,8-9,12-15,17-18,23,25H,6-7,10-11,16,19-22H2,1-4H3,(H,44,45)(H,39,40,43). The number of H-pyrrole nitrogens is 1. The number of rotatable bonds is 11. The summed E-state index contributed by atoms with van der Waals surface area (Å²) < 4.78 is 18.1. The molecule has 2 aromatic heterocycles. The molecule has 2 N–H and O–H groups in total. The fourth-order valence-corrected chi connectivity index (χ4v) is 6.23. The van der Waals surface area contributed by atoms with E-state index in [9.17, 15) is 19.5 Å². The van der Waals surface area contributed by atoms with Crippen molar-refractivity contribution >= 4 is 22.9 Å². The molecule has 0 spiro atoms. The number of hydrogen-bond donors (Lipinski definition) is 2. The van der Waals surface area contributed by atoms with Gasteiger partial charge in [0.15, 0.2) is 0 Å². The Kier molecular flexibility index (Phi) is 9.44. The van der Waals surface area contributed by atoms with Crippen molar-refractivity contribution in [3.8, 4) is 28.5 Å². The molecule has 48 heavy (non-hydrogen) atoms. The molecule has 6 rings (SSSR count). The van der Waals surface area contributed by atoms with Crippen LogP contribution in [-0.2, 0) is 11.4 Å². The second-order valence-corrected chi connectivity index (χ2v) is 14.1. The molecule has 1 saturated carbocycles. The van der Waals surface area contributed by atoms with Gasteiger partial charge in [0.1, 0.15) is 35.1 Å². The van der Waals surface area contributed by atoms with Gasteiger partial charge in [0.25, 0.3) is 5.56 Å². The summed E-state index contributed by atoms with van der Waals surface area (Å²) in [5, 5.41) is 10.4. The number of amides is 1. The fraction of sp³-hybridized carbons (Fsp3) is 0.421. The maximum absolute atomic E-state index is 13.3. The van der Waals surface area contributed by atoms with Gasteiger partial charge in [-0.2, -0.15) is 0 Å². The fourth-order valence-electron chi connectivity index (χ4n) is 6.23. The van der Waals surface area contributed by atoms with E-state index in [-0.39, 0.29) is 35.1 Å². The number of carbonyl (C=O) groups is 2. The minimum atomic E-state index is -1.31. The van der Waals surface area contributed by atoms with Gasteiger partial charge in [-0.05, 0) is 84.5 Å². The minimum Gasteiger partial charge on any atom is -0.497 e. The van der Waals surface area contributed by atoms with Crippen molar-refractivity contribution in [2.75, 3.05) is 26.8 Å². The Balaban J connectivity index is 1.45. The van der Waals surface area contributed by atoms with E-state index in [2.05, 4.69) is 25.8 Å². The number of carboxylic acids is 1. The molecular formula is C38H43N3O7. The van der Waals surface area contributed by atoms with E-state index >= 15 is 0 Å². The number of ether oxygens (including phenoxy) is 3. The molecule has 1 saturated heterocycles. The van der Waals surface area contributed by atoms with Gasteiger partial charge in [-0.15, -0.1) is 0 Å². The number of aromatic amines is 1. The van der Waals surface area contributed by atoms with Gasteiger partial charge in [0.05, 0.1) is 25.0 Å². The number of likely N-dealkylation sites (tertiary alicyclic amines) is 1. The van der Waals surface area contributed by atoms with Gasteiger partial charge < -0.3 is 29.2 Å². The average molecular weight is 654 g/mol. The number of aromatic carboxylic acids is 1. The highest BCUT2D eigenvalue weighted by atomic mass is 16.5. The van der Waals surface area contributed by atoms with Crippen LogP contribution in [0.3, 0.4) is 0 Å². The van der Waals surface area contributed by atoms with Crippen LogP contribution in [0, 0.1) is 11.3 Å². The van der Waals surface area contributed by atoms with Crippen LogP contribution in [-0.4, -0.2) is 58.7 Å². The Labute approximate surface area is 280 Å². The number of benzene rings is 2. The molecule has 0 radical (unpaired) electrons. The van der Waals surface area contributed by atoms with Crippen LogP contribution < -0.4 is 19.8 Å². The third kappa shape index (κ3) is 7.64. The Hall–Kier alpha value is -4.86. The third-order valence-corrected chi connectivity index (χ3v) is 8.95. The molecule has 2 aliphatic rings. The maximum atomic E-state index is 13.3. The summed E-state index contributed by atoms with van der Waals surface area (Å²) in [6.45, 7) is 8.16. The summed E-state index contributed by atoms with van der Waals surface area (Å²) in [5.74, 6) is 1.11. The topological polar surface area (TPSA) is 131 Å². The summed E-state index contributed by atoms with van der Waals surface area (Å²) in [6, 6.07) is 16.7. The lowest BCUT2D eigenvalue weighted by Gasteiger charge is -2.35. The van der Waals surface area contributed by atoms with E-state index in [1.807, 2.05) is 53.4 Å². The normalized spacial score (nSPS) is 16.5. The average Bonchev–Trinajstić information content (AvgIpc) is 3.89. The zero-order chi connectivity index (χ0) is 34.0. The van der Waals surface area contributed by atoms with Crippen molar-refractivity contribution in [2.24, 2.45) is 11.3 Å². The zero-order valence-corrected chi connectivity index (χ0v) is 28.0. The van der Waals surface area contributed by atoms with Gasteiger partial charge in [-0.3, -0.25) is 9.59 Å². The summed E-state index contributed by atoms with van der Waals surface area (Å²) in [7, 11) is 1.63. The molecule has 1 atom stereocenters. The lowest BCUT2D eigenvalue weighted by atomic mass is 9.86. The van der Waals surface area contributed by atoms with Crippen LogP contribution in [0.1, 0.15) is 80.3 Å². The first-order chi connectivity index (χ1) is 23.0. The lowest BCUT2D eigenvalue weighted by Crippen LogP contribution is -2.40. The molecule has 1 amide bonds. The Morgan fingerprint density at radius 3 is 2.42 bits per heavy atom. The molecule has 1 unspecified atom stereocenters. The van der Waals surface area contributed by atoms with E-state index in [1.54, 1.807) is 7.11 Å². The van der Waals surface area contributed by atoms with Crippen LogP contribution in [0.5, 0.6) is 17.2 Å². The second-order valence-electron chi connectivity index (χ2n) is 14.1. The highest BCUT2D eigenvalue weighted by Gasteiger charge is 2.30. The molecule has 2 fully saturated rings. The van der Waals surface area contributed by atoms with Gasteiger partial charge in [0.2, 0.25) is 5.91 Å². The number of nitrogens with one attached hydrogen (secondary N) is 1. The summed E-state index contributed by atoms with van der Waals surface area (Å²) in [5.41, 5.74) is 1.99. The van der Waals surface area contributed by atoms with Crippen molar-refractivity contribution in [2.45, 2.75) is 65.4 Å². The third-order valence-electron chi connectivity index (χ3n) is 8.95. The van der Waals surface area contributed by atoms with Gasteiger partial charge >= 0.3 is 5.97 Å². The number of aromatic nitrogens is 2. The molecule has 4 aromatic rings. The summed E-state index contributed by atoms with van der Waals surface area (Å²) in [6.07, 6.45) is 4.27. The van der Waals surface area contributed by atoms with Crippen LogP contribution >= 0.6 is 0 Å². The summed E-state index contributed by atoms with van der Waals surface area (Å²) in [4.78, 5) is 47.8. The van der Waals surface area contributed by atoms with E-state index in [1.165, 1.54) is 6.07 Å². The smallest absolute Gasteiger partial charge is 0.341 e. The van der Waals surface area contributed by atoms with E-state index in [0.717, 1.165) is 42.6 Å². The monoisotopic (exact) mass is 653 g/mol. The molecular weight excluding hydrogens is 610 g/mol. The number of carboxylic acid groups (broad SMARTS) is 1. The number of hydrogen-bond acceptors (Lipinski definition) is 7. The molecule has 1 aliphatic carbocycles.